The van der Waals surface area contributed by atoms with Gasteiger partial charge in [-0.15, -0.1) is 0 Å². The van der Waals surface area contributed by atoms with E-state index < -0.39 is 0 Å². The van der Waals surface area contributed by atoms with Crippen LogP contribution in [0.25, 0.3) is 11.0 Å². The van der Waals surface area contributed by atoms with Crippen molar-refractivity contribution in [3.8, 4) is 0 Å². The van der Waals surface area contributed by atoms with E-state index in [0.29, 0.717) is 0 Å². The van der Waals surface area contributed by atoms with Gasteiger partial charge in [0.05, 0.1) is 17.6 Å². The molecule has 0 saturated heterocycles. The monoisotopic (exact) mass is 176 g/mol. The molecule has 0 aliphatic rings. The van der Waals surface area contributed by atoms with E-state index in [9.17, 15) is 0 Å². The highest BCUT2D eigenvalue weighted by atomic mass is 16.3. The second-order valence-electron chi connectivity index (χ2n) is 3.05. The molecule has 0 aliphatic carbocycles. The van der Waals surface area contributed by atoms with Crippen LogP contribution in [0.3, 0.4) is 0 Å². The Bertz CT molecular complexity index is 418. The molecule has 0 bridgehead atoms. The number of aliphatic hydroxyl groups is 1. The van der Waals surface area contributed by atoms with E-state index in [1.807, 2.05) is 18.2 Å². The summed E-state index contributed by atoms with van der Waals surface area (Å²) >= 11 is 0. The van der Waals surface area contributed by atoms with Gasteiger partial charge < -0.3 is 10.1 Å². The van der Waals surface area contributed by atoms with Crippen molar-refractivity contribution >= 4 is 11.0 Å². The van der Waals surface area contributed by atoms with Crippen LogP contribution in [0.5, 0.6) is 0 Å². The SMILES string of the molecule is CCc1nc2ccc(CO)cc2[nH]1. The summed E-state index contributed by atoms with van der Waals surface area (Å²) in [4.78, 5) is 7.57. The summed E-state index contributed by atoms with van der Waals surface area (Å²) in [6, 6.07) is 5.75. The van der Waals surface area contributed by atoms with Crippen LogP contribution in [-0.2, 0) is 13.0 Å². The largest absolute Gasteiger partial charge is 0.392 e. The first kappa shape index (κ1) is 8.26. The summed E-state index contributed by atoms with van der Waals surface area (Å²) in [7, 11) is 0. The Kier molecular flexibility index (Phi) is 2.02. The van der Waals surface area contributed by atoms with E-state index >= 15 is 0 Å². The average molecular weight is 176 g/mol. The van der Waals surface area contributed by atoms with E-state index in [1.165, 1.54) is 0 Å². The lowest BCUT2D eigenvalue weighted by atomic mass is 10.2. The quantitative estimate of drug-likeness (QED) is 0.730. The zero-order chi connectivity index (χ0) is 9.26. The predicted molar refractivity (Wildman–Crippen MR) is 51.4 cm³/mol. The third kappa shape index (κ3) is 1.42. The molecule has 1 aromatic carbocycles. The van der Waals surface area contributed by atoms with E-state index in [4.69, 9.17) is 5.11 Å². The molecule has 3 heteroatoms. The van der Waals surface area contributed by atoms with Crippen molar-refractivity contribution in [3.05, 3.63) is 29.6 Å². The number of aromatic nitrogens is 2. The Morgan fingerprint density at radius 3 is 3.00 bits per heavy atom. The lowest BCUT2D eigenvalue weighted by molar-refractivity contribution is 0.282. The molecule has 0 spiro atoms. The van der Waals surface area contributed by atoms with Crippen molar-refractivity contribution in [3.63, 3.8) is 0 Å². The second kappa shape index (κ2) is 3.18. The molecule has 0 aliphatic heterocycles. The van der Waals surface area contributed by atoms with Crippen molar-refractivity contribution in [1.29, 1.82) is 0 Å². The van der Waals surface area contributed by atoms with Gasteiger partial charge >= 0.3 is 0 Å². The van der Waals surface area contributed by atoms with Crippen LogP contribution in [0.2, 0.25) is 0 Å². The van der Waals surface area contributed by atoms with Crippen LogP contribution >= 0.6 is 0 Å². The van der Waals surface area contributed by atoms with Crippen molar-refractivity contribution in [2.24, 2.45) is 0 Å². The number of imidazole rings is 1. The third-order valence-corrected chi connectivity index (χ3v) is 2.11. The Morgan fingerprint density at radius 1 is 1.46 bits per heavy atom. The predicted octanol–water partition coefficient (Wildman–Crippen LogP) is 1.62. The summed E-state index contributed by atoms with van der Waals surface area (Å²) in [5, 5.41) is 8.93. The van der Waals surface area contributed by atoms with Crippen molar-refractivity contribution < 1.29 is 5.11 Å². The minimum absolute atomic E-state index is 0.0798. The number of aromatic amines is 1. The van der Waals surface area contributed by atoms with Crippen LogP contribution in [0.15, 0.2) is 18.2 Å². The number of rotatable bonds is 2. The molecule has 2 rings (SSSR count). The number of nitrogens with zero attached hydrogens (tertiary/aromatic N) is 1. The van der Waals surface area contributed by atoms with Gasteiger partial charge in [-0.1, -0.05) is 13.0 Å². The molecule has 0 radical (unpaired) electrons. The zero-order valence-electron chi connectivity index (χ0n) is 7.54. The van der Waals surface area contributed by atoms with E-state index in [1.54, 1.807) is 0 Å². The molecule has 2 N–H and O–H groups in total. The van der Waals surface area contributed by atoms with Gasteiger partial charge in [-0.3, -0.25) is 0 Å². The Morgan fingerprint density at radius 2 is 2.31 bits per heavy atom. The third-order valence-electron chi connectivity index (χ3n) is 2.11. The van der Waals surface area contributed by atoms with Crippen molar-refractivity contribution in [2.45, 2.75) is 20.0 Å². The lowest BCUT2D eigenvalue weighted by Crippen LogP contribution is -1.81. The van der Waals surface area contributed by atoms with Gasteiger partial charge in [0.15, 0.2) is 0 Å². The van der Waals surface area contributed by atoms with Gasteiger partial charge in [0.1, 0.15) is 5.82 Å². The van der Waals surface area contributed by atoms with Gasteiger partial charge in [0, 0.05) is 6.42 Å². The molecule has 68 valence electrons. The fourth-order valence-electron chi connectivity index (χ4n) is 1.38. The van der Waals surface area contributed by atoms with Gasteiger partial charge in [-0.05, 0) is 17.7 Å². The molecule has 0 unspecified atom stereocenters. The average Bonchev–Trinajstić information content (AvgIpc) is 2.58. The second-order valence-corrected chi connectivity index (χ2v) is 3.05. The zero-order valence-corrected chi connectivity index (χ0v) is 7.54. The minimum atomic E-state index is 0.0798. The van der Waals surface area contributed by atoms with Gasteiger partial charge in [-0.25, -0.2) is 4.98 Å². The van der Waals surface area contributed by atoms with Crippen LogP contribution in [0.4, 0.5) is 0 Å². The first-order valence-corrected chi connectivity index (χ1v) is 4.42. The maximum atomic E-state index is 8.93. The molecule has 0 amide bonds. The van der Waals surface area contributed by atoms with Crippen LogP contribution < -0.4 is 0 Å². The van der Waals surface area contributed by atoms with Gasteiger partial charge in [0.25, 0.3) is 0 Å². The normalized spacial score (nSPS) is 10.9. The number of benzene rings is 1. The van der Waals surface area contributed by atoms with E-state index in [0.717, 1.165) is 28.8 Å². The fourth-order valence-corrected chi connectivity index (χ4v) is 1.38. The number of aryl methyl sites for hydroxylation is 1. The van der Waals surface area contributed by atoms with Crippen molar-refractivity contribution in [1.82, 2.24) is 9.97 Å². The molecule has 2 aromatic rings. The highest BCUT2D eigenvalue weighted by Crippen LogP contribution is 2.13. The molecular weight excluding hydrogens is 164 g/mol. The summed E-state index contributed by atoms with van der Waals surface area (Å²) < 4.78 is 0. The van der Waals surface area contributed by atoms with Gasteiger partial charge in [-0.2, -0.15) is 0 Å². The molecular formula is C10H12N2O. The number of H-pyrrole nitrogens is 1. The summed E-state index contributed by atoms with van der Waals surface area (Å²) in [6.45, 7) is 2.14. The Labute approximate surface area is 76.4 Å². The van der Waals surface area contributed by atoms with E-state index in [-0.39, 0.29) is 6.61 Å². The smallest absolute Gasteiger partial charge is 0.106 e. The minimum Gasteiger partial charge on any atom is -0.392 e. The summed E-state index contributed by atoms with van der Waals surface area (Å²) in [6.07, 6.45) is 0.906. The first-order valence-electron chi connectivity index (χ1n) is 4.42. The topological polar surface area (TPSA) is 48.9 Å². The molecule has 0 atom stereocenters. The summed E-state index contributed by atoms with van der Waals surface area (Å²) in [5.41, 5.74) is 2.89. The molecule has 1 heterocycles. The maximum absolute atomic E-state index is 8.93. The molecule has 0 saturated carbocycles. The Balaban J connectivity index is 2.57. The Hall–Kier alpha value is -1.35. The lowest BCUT2D eigenvalue weighted by Gasteiger charge is -1.93. The van der Waals surface area contributed by atoms with Gasteiger partial charge in [0.2, 0.25) is 0 Å². The number of nitrogens with one attached hydrogen (secondary N) is 1. The molecule has 0 fully saturated rings. The van der Waals surface area contributed by atoms with Crippen LogP contribution in [0, 0.1) is 0 Å². The standard InChI is InChI=1S/C10H12N2O/c1-2-10-11-8-4-3-7(6-13)5-9(8)12-10/h3-5,13H,2,6H2,1H3,(H,11,12). The number of hydrogen-bond donors (Lipinski definition) is 2. The maximum Gasteiger partial charge on any atom is 0.106 e. The molecule has 13 heavy (non-hydrogen) atoms. The molecule has 1 aromatic heterocycles. The first-order chi connectivity index (χ1) is 6.33. The van der Waals surface area contributed by atoms with E-state index in [2.05, 4.69) is 16.9 Å². The fraction of sp³-hybridized carbons (Fsp3) is 0.300. The van der Waals surface area contributed by atoms with Crippen LogP contribution in [-0.4, -0.2) is 15.1 Å². The number of aliphatic hydroxyl groups excluding tert-OH is 1. The van der Waals surface area contributed by atoms with Crippen molar-refractivity contribution in [2.75, 3.05) is 0 Å². The highest BCUT2D eigenvalue weighted by molar-refractivity contribution is 5.75. The van der Waals surface area contributed by atoms with Crippen LogP contribution in [0.1, 0.15) is 18.3 Å². The number of hydrogen-bond acceptors (Lipinski definition) is 2. The highest BCUT2D eigenvalue weighted by Gasteiger charge is 2.00. The number of fused-ring (bicyclic) bond motifs is 1. The molecule has 3 nitrogen and oxygen atoms in total. The summed E-state index contributed by atoms with van der Waals surface area (Å²) in [5.74, 6) is 0.991.